The Morgan fingerprint density at radius 2 is 2.15 bits per heavy atom. The molecular formula is C8H10N4O. The Hall–Kier alpha value is -1.65. The molecule has 1 aliphatic carbocycles. The Kier molecular flexibility index (Phi) is 1.84. The molecule has 0 bridgehead atoms. The van der Waals surface area contributed by atoms with E-state index in [4.69, 9.17) is 5.73 Å². The van der Waals surface area contributed by atoms with Crippen LogP contribution in [0.15, 0.2) is 12.4 Å². The number of rotatable bonds is 2. The van der Waals surface area contributed by atoms with E-state index >= 15 is 0 Å². The van der Waals surface area contributed by atoms with Crippen LogP contribution in [-0.4, -0.2) is 21.9 Å². The number of aromatic nitrogens is 2. The Balaban J connectivity index is 2.13. The standard InChI is InChI=1S/C8H10N4O/c9-7-6(10-3-4-11-7)8(13)12-5-1-2-5/h3-5H,1-2H2,(H2,9,11)(H,12,13). The lowest BCUT2D eigenvalue weighted by atomic mass is 10.4. The van der Waals surface area contributed by atoms with Crippen LogP contribution in [0.4, 0.5) is 5.82 Å². The predicted molar refractivity (Wildman–Crippen MR) is 46.9 cm³/mol. The molecular weight excluding hydrogens is 168 g/mol. The summed E-state index contributed by atoms with van der Waals surface area (Å²) in [5.74, 6) is -0.0475. The maximum Gasteiger partial charge on any atom is 0.273 e. The Morgan fingerprint density at radius 3 is 2.77 bits per heavy atom. The number of nitrogen functional groups attached to an aromatic ring is 1. The second-order valence-electron chi connectivity index (χ2n) is 3.04. The van der Waals surface area contributed by atoms with Gasteiger partial charge in [-0.25, -0.2) is 9.97 Å². The number of carbonyl (C=O) groups is 1. The highest BCUT2D eigenvalue weighted by atomic mass is 16.2. The van der Waals surface area contributed by atoms with Gasteiger partial charge in [0.05, 0.1) is 0 Å². The molecule has 1 heterocycles. The van der Waals surface area contributed by atoms with Gasteiger partial charge in [0.1, 0.15) is 0 Å². The molecule has 1 aromatic heterocycles. The first-order valence-electron chi connectivity index (χ1n) is 4.14. The molecule has 5 nitrogen and oxygen atoms in total. The lowest BCUT2D eigenvalue weighted by molar-refractivity contribution is 0.0947. The molecule has 0 spiro atoms. The second-order valence-corrected chi connectivity index (χ2v) is 3.04. The number of carbonyl (C=O) groups excluding carboxylic acids is 1. The van der Waals surface area contributed by atoms with Crippen LogP contribution in [0.2, 0.25) is 0 Å². The van der Waals surface area contributed by atoms with Gasteiger partial charge in [-0.2, -0.15) is 0 Å². The van der Waals surface area contributed by atoms with Gasteiger partial charge in [0, 0.05) is 18.4 Å². The van der Waals surface area contributed by atoms with Crippen molar-refractivity contribution in [3.05, 3.63) is 18.1 Å². The molecule has 5 heteroatoms. The maximum absolute atomic E-state index is 11.4. The van der Waals surface area contributed by atoms with E-state index in [2.05, 4.69) is 15.3 Å². The third kappa shape index (κ3) is 1.74. The van der Waals surface area contributed by atoms with Gasteiger partial charge >= 0.3 is 0 Å². The molecule has 13 heavy (non-hydrogen) atoms. The fraction of sp³-hybridized carbons (Fsp3) is 0.375. The van der Waals surface area contributed by atoms with Crippen molar-refractivity contribution in [2.75, 3.05) is 5.73 Å². The fourth-order valence-electron chi connectivity index (χ4n) is 1.01. The highest BCUT2D eigenvalue weighted by Gasteiger charge is 2.25. The summed E-state index contributed by atoms with van der Waals surface area (Å²) in [5.41, 5.74) is 5.70. The Labute approximate surface area is 75.4 Å². The van der Waals surface area contributed by atoms with Gasteiger partial charge in [0.2, 0.25) is 0 Å². The largest absolute Gasteiger partial charge is 0.382 e. The lowest BCUT2D eigenvalue weighted by Gasteiger charge is -2.03. The third-order valence-corrected chi connectivity index (χ3v) is 1.85. The Morgan fingerprint density at radius 1 is 1.46 bits per heavy atom. The van der Waals surface area contributed by atoms with E-state index in [1.54, 1.807) is 0 Å². The summed E-state index contributed by atoms with van der Waals surface area (Å²) >= 11 is 0. The van der Waals surface area contributed by atoms with Crippen LogP contribution in [0, 0.1) is 0 Å². The summed E-state index contributed by atoms with van der Waals surface area (Å²) in [7, 11) is 0. The first kappa shape index (κ1) is 7.97. The quantitative estimate of drug-likeness (QED) is 0.665. The van der Waals surface area contributed by atoms with E-state index < -0.39 is 0 Å². The van der Waals surface area contributed by atoms with Crippen molar-refractivity contribution in [3.8, 4) is 0 Å². The molecule has 68 valence electrons. The van der Waals surface area contributed by atoms with E-state index in [-0.39, 0.29) is 17.4 Å². The molecule has 1 amide bonds. The summed E-state index contributed by atoms with van der Waals surface area (Å²) in [6.07, 6.45) is 5.01. The predicted octanol–water partition coefficient (Wildman–Crippen LogP) is -0.0490. The molecule has 2 rings (SSSR count). The van der Waals surface area contributed by atoms with Gasteiger partial charge in [0.15, 0.2) is 11.5 Å². The molecule has 0 unspecified atom stereocenters. The number of hydrogen-bond donors (Lipinski definition) is 2. The van der Waals surface area contributed by atoms with Crippen molar-refractivity contribution in [2.45, 2.75) is 18.9 Å². The number of hydrogen-bond acceptors (Lipinski definition) is 4. The number of nitrogens with two attached hydrogens (primary N) is 1. The lowest BCUT2D eigenvalue weighted by Crippen LogP contribution is -2.27. The SMILES string of the molecule is Nc1nccnc1C(=O)NC1CC1. The van der Waals surface area contributed by atoms with Crippen molar-refractivity contribution in [3.63, 3.8) is 0 Å². The van der Waals surface area contributed by atoms with Gasteiger partial charge < -0.3 is 11.1 Å². The van der Waals surface area contributed by atoms with Gasteiger partial charge in [-0.3, -0.25) is 4.79 Å². The van der Waals surface area contributed by atoms with Gasteiger partial charge in [-0.1, -0.05) is 0 Å². The number of nitrogens with zero attached hydrogens (tertiary/aromatic N) is 2. The summed E-state index contributed by atoms with van der Waals surface area (Å²) in [4.78, 5) is 19.1. The van der Waals surface area contributed by atoms with Crippen LogP contribution in [-0.2, 0) is 0 Å². The molecule has 0 atom stereocenters. The Bertz CT molecular complexity index is 335. The van der Waals surface area contributed by atoms with Crippen LogP contribution >= 0.6 is 0 Å². The van der Waals surface area contributed by atoms with Crippen molar-refractivity contribution >= 4 is 11.7 Å². The molecule has 1 fully saturated rings. The summed E-state index contributed by atoms with van der Waals surface area (Å²) in [6.45, 7) is 0. The molecule has 3 N–H and O–H groups in total. The zero-order chi connectivity index (χ0) is 9.26. The molecule has 1 saturated carbocycles. The summed E-state index contributed by atoms with van der Waals surface area (Å²) in [5, 5.41) is 2.79. The molecule has 1 aliphatic rings. The van der Waals surface area contributed by atoms with Crippen molar-refractivity contribution < 1.29 is 4.79 Å². The zero-order valence-electron chi connectivity index (χ0n) is 7.03. The van der Waals surface area contributed by atoms with Crippen LogP contribution in [0.1, 0.15) is 23.3 Å². The normalized spacial score (nSPS) is 15.4. The first-order valence-corrected chi connectivity index (χ1v) is 4.14. The van der Waals surface area contributed by atoms with Crippen LogP contribution in [0.5, 0.6) is 0 Å². The molecule has 1 aromatic rings. The van der Waals surface area contributed by atoms with E-state index in [9.17, 15) is 4.79 Å². The average Bonchev–Trinajstić information content (AvgIpc) is 2.89. The van der Waals surface area contributed by atoms with Crippen LogP contribution in [0.3, 0.4) is 0 Å². The van der Waals surface area contributed by atoms with Crippen molar-refractivity contribution in [1.82, 2.24) is 15.3 Å². The molecule has 0 aliphatic heterocycles. The number of nitrogens with one attached hydrogen (secondary N) is 1. The van der Waals surface area contributed by atoms with E-state index in [1.807, 2.05) is 0 Å². The van der Waals surface area contributed by atoms with Crippen LogP contribution in [0.25, 0.3) is 0 Å². The topological polar surface area (TPSA) is 80.9 Å². The van der Waals surface area contributed by atoms with E-state index in [0.29, 0.717) is 6.04 Å². The minimum absolute atomic E-state index is 0.181. The molecule has 0 radical (unpaired) electrons. The van der Waals surface area contributed by atoms with Gasteiger partial charge in [0.25, 0.3) is 5.91 Å². The first-order chi connectivity index (χ1) is 6.27. The highest BCUT2D eigenvalue weighted by Crippen LogP contribution is 2.19. The fourth-order valence-corrected chi connectivity index (χ4v) is 1.01. The average molecular weight is 178 g/mol. The minimum Gasteiger partial charge on any atom is -0.382 e. The second kappa shape index (κ2) is 3.01. The van der Waals surface area contributed by atoms with Crippen molar-refractivity contribution in [1.29, 1.82) is 0 Å². The van der Waals surface area contributed by atoms with E-state index in [0.717, 1.165) is 12.8 Å². The van der Waals surface area contributed by atoms with E-state index in [1.165, 1.54) is 12.4 Å². The van der Waals surface area contributed by atoms with Gasteiger partial charge in [-0.05, 0) is 12.8 Å². The smallest absolute Gasteiger partial charge is 0.273 e. The maximum atomic E-state index is 11.4. The number of anilines is 1. The molecule has 0 saturated heterocycles. The molecule has 0 aromatic carbocycles. The highest BCUT2D eigenvalue weighted by molar-refractivity contribution is 5.96. The van der Waals surface area contributed by atoms with Gasteiger partial charge in [-0.15, -0.1) is 0 Å². The minimum atomic E-state index is -0.229. The third-order valence-electron chi connectivity index (χ3n) is 1.85. The summed E-state index contributed by atoms with van der Waals surface area (Å²) in [6, 6.07) is 0.314. The monoisotopic (exact) mass is 178 g/mol. The summed E-state index contributed by atoms with van der Waals surface area (Å²) < 4.78 is 0. The van der Waals surface area contributed by atoms with Crippen LogP contribution < -0.4 is 11.1 Å². The zero-order valence-corrected chi connectivity index (χ0v) is 7.03. The van der Waals surface area contributed by atoms with Crippen molar-refractivity contribution in [2.24, 2.45) is 0 Å². The number of amides is 1.